The highest BCUT2D eigenvalue weighted by Gasteiger charge is 2.17. The summed E-state index contributed by atoms with van der Waals surface area (Å²) in [6, 6.07) is 0.653. The van der Waals surface area contributed by atoms with Gasteiger partial charge in [-0.2, -0.15) is 0 Å². The number of piperidine rings is 1. The smallest absolute Gasteiger partial charge is 0.0558 e. The van der Waals surface area contributed by atoms with Crippen molar-refractivity contribution in [2.45, 2.75) is 32.2 Å². The van der Waals surface area contributed by atoms with Crippen molar-refractivity contribution in [3.8, 4) is 0 Å². The number of hydrogen-bond donors (Lipinski definition) is 2. The Balaban J connectivity index is 2.16. The minimum absolute atomic E-state index is 0.292. The monoisotopic (exact) mass is 186 g/mol. The first kappa shape index (κ1) is 11.0. The van der Waals surface area contributed by atoms with Crippen molar-refractivity contribution in [3.63, 3.8) is 0 Å². The zero-order valence-electron chi connectivity index (χ0n) is 8.63. The summed E-state index contributed by atoms with van der Waals surface area (Å²) in [6.07, 6.45) is 3.76. The predicted octanol–water partition coefficient (Wildman–Crippen LogP) is 0.443. The van der Waals surface area contributed by atoms with E-state index < -0.39 is 0 Å². The van der Waals surface area contributed by atoms with Crippen molar-refractivity contribution in [2.24, 2.45) is 0 Å². The first-order valence-electron chi connectivity index (χ1n) is 5.43. The molecule has 0 radical (unpaired) electrons. The molecular formula is C10H22N2O. The van der Waals surface area contributed by atoms with Gasteiger partial charge in [0.1, 0.15) is 0 Å². The quantitative estimate of drug-likeness (QED) is 0.654. The lowest BCUT2D eigenvalue weighted by Crippen LogP contribution is -2.46. The Bertz CT molecular complexity index is 128. The summed E-state index contributed by atoms with van der Waals surface area (Å²) in [6.45, 7) is 6.72. The van der Waals surface area contributed by atoms with E-state index in [9.17, 15) is 0 Å². The van der Waals surface area contributed by atoms with Crippen LogP contribution in [0.2, 0.25) is 0 Å². The molecule has 13 heavy (non-hydrogen) atoms. The van der Waals surface area contributed by atoms with Crippen LogP contribution in [0, 0.1) is 0 Å². The summed E-state index contributed by atoms with van der Waals surface area (Å²) < 4.78 is 0. The van der Waals surface area contributed by atoms with Crippen LogP contribution in [-0.2, 0) is 0 Å². The molecule has 0 bridgehead atoms. The lowest BCUT2D eigenvalue weighted by Gasteiger charge is -2.32. The lowest BCUT2D eigenvalue weighted by atomic mass is 10.1. The average Bonchev–Trinajstić information content (AvgIpc) is 2.16. The number of β-amino-alcohol motifs (C(OH)–C–C–N with tert-alkyl or cyclic N) is 1. The van der Waals surface area contributed by atoms with Crippen LogP contribution < -0.4 is 5.32 Å². The third kappa shape index (κ3) is 4.07. The molecule has 1 atom stereocenters. The van der Waals surface area contributed by atoms with E-state index >= 15 is 0 Å². The lowest BCUT2D eigenvalue weighted by molar-refractivity contribution is 0.152. The van der Waals surface area contributed by atoms with Gasteiger partial charge in [0.05, 0.1) is 6.61 Å². The summed E-state index contributed by atoms with van der Waals surface area (Å²) in [5.74, 6) is 0. The normalized spacial score (nSPS) is 24.9. The largest absolute Gasteiger partial charge is 0.395 e. The Hall–Kier alpha value is -0.120. The molecule has 2 N–H and O–H groups in total. The molecule has 78 valence electrons. The molecule has 1 aliphatic rings. The van der Waals surface area contributed by atoms with Gasteiger partial charge in [-0.15, -0.1) is 0 Å². The number of nitrogens with one attached hydrogen (secondary N) is 1. The summed E-state index contributed by atoms with van der Waals surface area (Å²) in [4.78, 5) is 2.34. The van der Waals surface area contributed by atoms with Gasteiger partial charge in [-0.3, -0.25) is 4.90 Å². The first-order valence-corrected chi connectivity index (χ1v) is 5.43. The second-order valence-corrected chi connectivity index (χ2v) is 3.82. The number of likely N-dealkylation sites (tertiary alicyclic amines) is 1. The highest BCUT2D eigenvalue weighted by Crippen LogP contribution is 2.09. The second-order valence-electron chi connectivity index (χ2n) is 3.82. The van der Waals surface area contributed by atoms with Crippen LogP contribution in [0.4, 0.5) is 0 Å². The van der Waals surface area contributed by atoms with E-state index in [1.54, 1.807) is 0 Å². The SMILES string of the molecule is CCCNC1CCCN(CCO)C1. The maximum absolute atomic E-state index is 8.82. The molecule has 3 nitrogen and oxygen atoms in total. The van der Waals surface area contributed by atoms with Crippen LogP contribution in [-0.4, -0.2) is 48.8 Å². The molecule has 0 aromatic carbocycles. The fourth-order valence-electron chi connectivity index (χ4n) is 1.92. The van der Waals surface area contributed by atoms with Gasteiger partial charge in [-0.05, 0) is 32.4 Å². The van der Waals surface area contributed by atoms with Crippen LogP contribution >= 0.6 is 0 Å². The number of aliphatic hydroxyl groups is 1. The van der Waals surface area contributed by atoms with Crippen molar-refractivity contribution in [1.82, 2.24) is 10.2 Å². The number of hydrogen-bond acceptors (Lipinski definition) is 3. The molecule has 1 unspecified atom stereocenters. The average molecular weight is 186 g/mol. The van der Waals surface area contributed by atoms with E-state index in [1.807, 2.05) is 0 Å². The third-order valence-electron chi connectivity index (χ3n) is 2.60. The van der Waals surface area contributed by atoms with Crippen molar-refractivity contribution < 1.29 is 5.11 Å². The van der Waals surface area contributed by atoms with Crippen LogP contribution in [0.5, 0.6) is 0 Å². The summed E-state index contributed by atoms with van der Waals surface area (Å²) in [7, 11) is 0. The summed E-state index contributed by atoms with van der Waals surface area (Å²) in [5, 5.41) is 12.4. The molecule has 0 saturated carbocycles. The Morgan fingerprint density at radius 2 is 2.38 bits per heavy atom. The molecule has 1 rings (SSSR count). The maximum atomic E-state index is 8.82. The van der Waals surface area contributed by atoms with Gasteiger partial charge in [-0.25, -0.2) is 0 Å². The van der Waals surface area contributed by atoms with E-state index in [0.717, 1.165) is 26.2 Å². The third-order valence-corrected chi connectivity index (χ3v) is 2.60. The molecule has 1 aliphatic heterocycles. The molecule has 0 aromatic rings. The standard InChI is InChI=1S/C10H22N2O/c1-2-5-11-10-4-3-6-12(9-10)7-8-13/h10-11,13H,2-9H2,1H3. The van der Waals surface area contributed by atoms with E-state index in [0.29, 0.717) is 12.6 Å². The zero-order chi connectivity index (χ0) is 9.52. The number of nitrogens with zero attached hydrogens (tertiary/aromatic N) is 1. The summed E-state index contributed by atoms with van der Waals surface area (Å²) in [5.41, 5.74) is 0. The molecule has 1 heterocycles. The van der Waals surface area contributed by atoms with Crippen molar-refractivity contribution >= 4 is 0 Å². The van der Waals surface area contributed by atoms with Gasteiger partial charge < -0.3 is 10.4 Å². The Morgan fingerprint density at radius 3 is 3.08 bits per heavy atom. The molecule has 0 amide bonds. The molecule has 1 saturated heterocycles. The van der Waals surface area contributed by atoms with Gasteiger partial charge in [0.2, 0.25) is 0 Å². The van der Waals surface area contributed by atoms with Crippen LogP contribution in [0.1, 0.15) is 26.2 Å². The molecule has 1 fully saturated rings. The predicted molar refractivity (Wildman–Crippen MR) is 54.8 cm³/mol. The van der Waals surface area contributed by atoms with E-state index in [1.165, 1.54) is 19.3 Å². The summed E-state index contributed by atoms with van der Waals surface area (Å²) >= 11 is 0. The van der Waals surface area contributed by atoms with Crippen molar-refractivity contribution in [2.75, 3.05) is 32.8 Å². The topological polar surface area (TPSA) is 35.5 Å². The van der Waals surface area contributed by atoms with Crippen molar-refractivity contribution in [3.05, 3.63) is 0 Å². The number of rotatable bonds is 5. The van der Waals surface area contributed by atoms with Gasteiger partial charge in [0.15, 0.2) is 0 Å². The minimum atomic E-state index is 0.292. The minimum Gasteiger partial charge on any atom is -0.395 e. The molecule has 0 spiro atoms. The number of aliphatic hydroxyl groups excluding tert-OH is 1. The fourth-order valence-corrected chi connectivity index (χ4v) is 1.92. The van der Waals surface area contributed by atoms with E-state index in [2.05, 4.69) is 17.1 Å². The Morgan fingerprint density at radius 1 is 1.54 bits per heavy atom. The Labute approximate surface area is 81.1 Å². The van der Waals surface area contributed by atoms with Gasteiger partial charge >= 0.3 is 0 Å². The van der Waals surface area contributed by atoms with Gasteiger partial charge in [0.25, 0.3) is 0 Å². The van der Waals surface area contributed by atoms with Crippen LogP contribution in [0.15, 0.2) is 0 Å². The van der Waals surface area contributed by atoms with Gasteiger partial charge in [-0.1, -0.05) is 6.92 Å². The molecule has 0 aliphatic carbocycles. The Kier molecular flexibility index (Phi) is 5.35. The zero-order valence-corrected chi connectivity index (χ0v) is 8.63. The van der Waals surface area contributed by atoms with E-state index in [-0.39, 0.29) is 0 Å². The van der Waals surface area contributed by atoms with Gasteiger partial charge in [0, 0.05) is 19.1 Å². The second kappa shape index (κ2) is 6.35. The van der Waals surface area contributed by atoms with Crippen LogP contribution in [0.25, 0.3) is 0 Å². The van der Waals surface area contributed by atoms with Crippen molar-refractivity contribution in [1.29, 1.82) is 0 Å². The highest BCUT2D eigenvalue weighted by atomic mass is 16.3. The molecular weight excluding hydrogens is 164 g/mol. The highest BCUT2D eigenvalue weighted by molar-refractivity contribution is 4.77. The maximum Gasteiger partial charge on any atom is 0.0558 e. The molecule has 0 aromatic heterocycles. The first-order chi connectivity index (χ1) is 6.36. The fraction of sp³-hybridized carbons (Fsp3) is 1.00. The van der Waals surface area contributed by atoms with E-state index in [4.69, 9.17) is 5.11 Å². The molecule has 3 heteroatoms. The van der Waals surface area contributed by atoms with Crippen LogP contribution in [0.3, 0.4) is 0 Å².